The van der Waals surface area contributed by atoms with Gasteiger partial charge in [0, 0.05) is 6.54 Å². The lowest BCUT2D eigenvalue weighted by atomic mass is 9.83. The van der Waals surface area contributed by atoms with Crippen molar-refractivity contribution in [3.05, 3.63) is 57.7 Å². The first-order chi connectivity index (χ1) is 12.9. The number of hydrogen-bond acceptors (Lipinski definition) is 4. The van der Waals surface area contributed by atoms with Gasteiger partial charge >= 0.3 is 0 Å². The molecule has 1 aliphatic carbocycles. The molecular formula is C23H29N3O. The first-order valence-corrected chi connectivity index (χ1v) is 9.70. The average Bonchev–Trinajstić information content (AvgIpc) is 3.48. The Morgan fingerprint density at radius 3 is 2.22 bits per heavy atom. The van der Waals surface area contributed by atoms with Crippen molar-refractivity contribution in [2.24, 2.45) is 17.6 Å². The molecule has 0 radical (unpaired) electrons. The number of aliphatic hydroxyl groups is 1. The fraction of sp³-hybridized carbons (Fsp3) is 0.478. The van der Waals surface area contributed by atoms with E-state index in [4.69, 9.17) is 5.73 Å². The third-order valence-corrected chi connectivity index (χ3v) is 5.07. The SMILES string of the molecule is CC/C=C(CC1CC1)/C(=C(\CN)C(C)C)C(O)c1cc(C#N)cc(C#N)c1. The molecule has 0 saturated heterocycles. The molecule has 0 aliphatic heterocycles. The molecule has 1 saturated carbocycles. The second-order valence-electron chi connectivity index (χ2n) is 7.55. The summed E-state index contributed by atoms with van der Waals surface area (Å²) in [5, 5.41) is 29.9. The molecule has 0 spiro atoms. The minimum atomic E-state index is -0.900. The van der Waals surface area contributed by atoms with Crippen molar-refractivity contribution in [3.63, 3.8) is 0 Å². The van der Waals surface area contributed by atoms with Crippen LogP contribution >= 0.6 is 0 Å². The molecule has 2 rings (SSSR count). The minimum Gasteiger partial charge on any atom is -0.384 e. The number of benzene rings is 1. The molecular weight excluding hydrogens is 334 g/mol. The number of hydrogen-bond donors (Lipinski definition) is 2. The molecule has 0 heterocycles. The van der Waals surface area contributed by atoms with Crippen LogP contribution in [0.25, 0.3) is 0 Å². The van der Waals surface area contributed by atoms with Gasteiger partial charge in [0.15, 0.2) is 0 Å². The fourth-order valence-electron chi connectivity index (χ4n) is 3.50. The number of nitrogens with zero attached hydrogens (tertiary/aromatic N) is 2. The van der Waals surface area contributed by atoms with Crippen LogP contribution in [0.15, 0.2) is 41.0 Å². The van der Waals surface area contributed by atoms with E-state index in [1.807, 2.05) is 0 Å². The summed E-state index contributed by atoms with van der Waals surface area (Å²) in [6.07, 6.45) is 5.57. The molecule has 1 aliphatic rings. The van der Waals surface area contributed by atoms with Gasteiger partial charge in [-0.25, -0.2) is 0 Å². The zero-order chi connectivity index (χ0) is 20.0. The van der Waals surface area contributed by atoms with E-state index in [-0.39, 0.29) is 5.92 Å². The Bertz CT molecular complexity index is 785. The summed E-state index contributed by atoms with van der Waals surface area (Å²) in [6, 6.07) is 9.04. The van der Waals surface area contributed by atoms with Gasteiger partial charge in [-0.1, -0.05) is 26.8 Å². The van der Waals surface area contributed by atoms with Crippen molar-refractivity contribution in [3.8, 4) is 12.1 Å². The van der Waals surface area contributed by atoms with Crippen molar-refractivity contribution >= 4 is 0 Å². The summed E-state index contributed by atoms with van der Waals surface area (Å²) in [5.74, 6) is 0.880. The molecule has 1 aromatic carbocycles. The summed E-state index contributed by atoms with van der Waals surface area (Å²) < 4.78 is 0. The molecule has 4 nitrogen and oxygen atoms in total. The van der Waals surface area contributed by atoms with Gasteiger partial charge < -0.3 is 10.8 Å². The summed E-state index contributed by atoms with van der Waals surface area (Å²) >= 11 is 0. The molecule has 142 valence electrons. The van der Waals surface area contributed by atoms with E-state index in [0.29, 0.717) is 29.2 Å². The van der Waals surface area contributed by atoms with Gasteiger partial charge in [0.05, 0.1) is 23.3 Å². The van der Waals surface area contributed by atoms with Gasteiger partial charge in [-0.3, -0.25) is 0 Å². The van der Waals surface area contributed by atoms with Crippen molar-refractivity contribution in [2.75, 3.05) is 6.54 Å². The Kier molecular flexibility index (Phi) is 7.36. The lowest BCUT2D eigenvalue weighted by Crippen LogP contribution is -2.17. The number of allylic oxidation sites excluding steroid dienone is 1. The van der Waals surface area contributed by atoms with Crippen molar-refractivity contribution in [1.82, 2.24) is 0 Å². The molecule has 1 unspecified atom stereocenters. The molecule has 1 aromatic rings. The summed E-state index contributed by atoms with van der Waals surface area (Å²) in [5.41, 5.74) is 10.5. The van der Waals surface area contributed by atoms with Gasteiger partial charge in [-0.05, 0) is 78.0 Å². The summed E-state index contributed by atoms with van der Waals surface area (Å²) in [6.45, 7) is 6.64. The predicted molar refractivity (Wildman–Crippen MR) is 107 cm³/mol. The molecule has 27 heavy (non-hydrogen) atoms. The Labute approximate surface area is 162 Å². The summed E-state index contributed by atoms with van der Waals surface area (Å²) in [7, 11) is 0. The first-order valence-electron chi connectivity index (χ1n) is 9.70. The quantitative estimate of drug-likeness (QED) is 0.664. The van der Waals surface area contributed by atoms with Crippen LogP contribution < -0.4 is 5.73 Å². The second kappa shape index (κ2) is 9.51. The van der Waals surface area contributed by atoms with E-state index in [2.05, 4.69) is 39.0 Å². The average molecular weight is 364 g/mol. The lowest BCUT2D eigenvalue weighted by molar-refractivity contribution is 0.214. The zero-order valence-electron chi connectivity index (χ0n) is 16.5. The minimum absolute atomic E-state index is 0.202. The maximum absolute atomic E-state index is 11.3. The van der Waals surface area contributed by atoms with Gasteiger partial charge in [-0.2, -0.15) is 10.5 Å². The van der Waals surface area contributed by atoms with Crippen LogP contribution in [-0.2, 0) is 0 Å². The third-order valence-electron chi connectivity index (χ3n) is 5.07. The Hall–Kier alpha value is -2.40. The molecule has 3 N–H and O–H groups in total. The molecule has 0 aromatic heterocycles. The maximum Gasteiger partial charge on any atom is 0.104 e. The monoisotopic (exact) mass is 363 g/mol. The number of aliphatic hydroxyl groups excluding tert-OH is 1. The zero-order valence-corrected chi connectivity index (χ0v) is 16.5. The van der Waals surface area contributed by atoms with E-state index < -0.39 is 6.10 Å². The van der Waals surface area contributed by atoms with Crippen LogP contribution in [0.2, 0.25) is 0 Å². The lowest BCUT2D eigenvalue weighted by Gasteiger charge is -2.25. The van der Waals surface area contributed by atoms with Gasteiger partial charge in [0.2, 0.25) is 0 Å². The maximum atomic E-state index is 11.3. The van der Waals surface area contributed by atoms with E-state index >= 15 is 0 Å². The molecule has 1 atom stereocenters. The van der Waals surface area contributed by atoms with Gasteiger partial charge in [-0.15, -0.1) is 0 Å². The van der Waals surface area contributed by atoms with Crippen LogP contribution in [0.1, 0.15) is 69.2 Å². The Morgan fingerprint density at radius 2 is 1.81 bits per heavy atom. The predicted octanol–water partition coefficient (Wildman–Crippen LogP) is 4.51. The fourth-order valence-corrected chi connectivity index (χ4v) is 3.50. The van der Waals surface area contributed by atoms with Crippen LogP contribution in [0.3, 0.4) is 0 Å². The molecule has 4 heteroatoms. The summed E-state index contributed by atoms with van der Waals surface area (Å²) in [4.78, 5) is 0. The van der Waals surface area contributed by atoms with Crippen LogP contribution in [0, 0.1) is 34.5 Å². The normalized spacial score (nSPS) is 16.5. The first kappa shape index (κ1) is 20.9. The van der Waals surface area contributed by atoms with E-state index in [0.717, 1.165) is 29.6 Å². The highest BCUT2D eigenvalue weighted by Gasteiger charge is 2.28. The standard InChI is InChI=1S/C23H29N3O/c1-4-5-19(9-16-6-7-16)22(21(14-26)15(2)3)23(27)20-10-17(12-24)8-18(11-20)13-25/h5,8,10-11,15-16,23,27H,4,6-7,9,14,26H2,1-3H3/b19-5+,22-21-. The van der Waals surface area contributed by atoms with Crippen molar-refractivity contribution in [2.45, 2.75) is 52.6 Å². The number of rotatable bonds is 8. The largest absolute Gasteiger partial charge is 0.384 e. The highest BCUT2D eigenvalue weighted by atomic mass is 16.3. The van der Waals surface area contributed by atoms with Crippen molar-refractivity contribution in [1.29, 1.82) is 10.5 Å². The van der Waals surface area contributed by atoms with E-state index in [1.54, 1.807) is 18.2 Å². The molecule has 0 amide bonds. The van der Waals surface area contributed by atoms with E-state index in [9.17, 15) is 15.6 Å². The van der Waals surface area contributed by atoms with Crippen LogP contribution in [0.5, 0.6) is 0 Å². The van der Waals surface area contributed by atoms with E-state index in [1.165, 1.54) is 12.8 Å². The number of nitrogens with two attached hydrogens (primary N) is 1. The second-order valence-corrected chi connectivity index (χ2v) is 7.55. The highest BCUT2D eigenvalue weighted by molar-refractivity contribution is 5.49. The third kappa shape index (κ3) is 5.30. The van der Waals surface area contributed by atoms with Crippen LogP contribution in [-0.4, -0.2) is 11.7 Å². The van der Waals surface area contributed by atoms with Gasteiger partial charge in [0.1, 0.15) is 6.10 Å². The van der Waals surface area contributed by atoms with Crippen molar-refractivity contribution < 1.29 is 5.11 Å². The molecule has 1 fully saturated rings. The Balaban J connectivity index is 2.61. The highest BCUT2D eigenvalue weighted by Crippen LogP contribution is 2.42. The van der Waals surface area contributed by atoms with Crippen LogP contribution in [0.4, 0.5) is 0 Å². The topological polar surface area (TPSA) is 93.8 Å². The van der Waals surface area contributed by atoms with Gasteiger partial charge in [0.25, 0.3) is 0 Å². The molecule has 0 bridgehead atoms. The smallest absolute Gasteiger partial charge is 0.104 e. The Morgan fingerprint density at radius 1 is 1.22 bits per heavy atom. The number of nitriles is 2.